The Morgan fingerprint density at radius 2 is 1.79 bits per heavy atom. The van der Waals surface area contributed by atoms with E-state index in [9.17, 15) is 4.79 Å². The van der Waals surface area contributed by atoms with Gasteiger partial charge >= 0.3 is 0 Å². The van der Waals surface area contributed by atoms with Crippen LogP contribution >= 0.6 is 11.6 Å². The van der Waals surface area contributed by atoms with Gasteiger partial charge in [0.1, 0.15) is 6.10 Å². The van der Waals surface area contributed by atoms with Crippen LogP contribution in [0, 0.1) is 6.92 Å². The van der Waals surface area contributed by atoms with Crippen molar-refractivity contribution >= 4 is 28.3 Å². The number of carbonyl (C=O) groups excluding carboxylic acids is 1. The molecule has 3 heterocycles. The standard InChI is InChI=1S/C29H27ClN2O2/c1-19-26(23-9-5-6-10-25(23)32(19)18-20-7-3-2-4-8-20)27(33)28-22-12-11-21(30)17-24(22)29(34-28)13-15-31-16-14-29/h2-12,17,28,31H,13-16,18H2,1H3/t28-/m1/s1. The second kappa shape index (κ2) is 8.38. The van der Waals surface area contributed by atoms with Gasteiger partial charge in [-0.1, -0.05) is 66.2 Å². The summed E-state index contributed by atoms with van der Waals surface area (Å²) in [6.45, 7) is 4.49. The molecule has 6 rings (SSSR count). The molecule has 1 saturated heterocycles. The van der Waals surface area contributed by atoms with Crippen LogP contribution < -0.4 is 5.32 Å². The second-order valence-electron chi connectivity index (χ2n) is 9.39. The van der Waals surface area contributed by atoms with Crippen LogP contribution in [0.15, 0.2) is 72.8 Å². The normalized spacial score (nSPS) is 18.9. The Bertz CT molecular complexity index is 1390. The van der Waals surface area contributed by atoms with Crippen molar-refractivity contribution in [1.82, 2.24) is 9.88 Å². The summed E-state index contributed by atoms with van der Waals surface area (Å²) >= 11 is 6.39. The van der Waals surface area contributed by atoms with Crippen LogP contribution in [0.3, 0.4) is 0 Å². The molecule has 172 valence electrons. The van der Waals surface area contributed by atoms with Crippen LogP contribution in [-0.4, -0.2) is 23.4 Å². The van der Waals surface area contributed by atoms with Gasteiger partial charge in [0.25, 0.3) is 0 Å². The molecule has 0 aliphatic carbocycles. The van der Waals surface area contributed by atoms with Gasteiger partial charge in [0.05, 0.1) is 5.60 Å². The fraction of sp³-hybridized carbons (Fsp3) is 0.276. The quantitative estimate of drug-likeness (QED) is 0.362. The van der Waals surface area contributed by atoms with Gasteiger partial charge in [0.2, 0.25) is 0 Å². The number of rotatable bonds is 4. The predicted octanol–water partition coefficient (Wildman–Crippen LogP) is 6.18. The molecule has 34 heavy (non-hydrogen) atoms. The topological polar surface area (TPSA) is 43.3 Å². The Morgan fingerprint density at radius 1 is 1.06 bits per heavy atom. The summed E-state index contributed by atoms with van der Waals surface area (Å²) in [5.41, 5.74) is 5.57. The number of halogens is 1. The fourth-order valence-electron chi connectivity index (χ4n) is 5.76. The SMILES string of the molecule is Cc1c(C(=O)[C@@H]2OC3(CCNCC3)c3cc(Cl)ccc32)c2ccccc2n1Cc1ccccc1. The fourth-order valence-corrected chi connectivity index (χ4v) is 5.93. The van der Waals surface area contributed by atoms with Crippen molar-refractivity contribution in [3.63, 3.8) is 0 Å². The second-order valence-corrected chi connectivity index (χ2v) is 9.82. The molecule has 2 aliphatic heterocycles. The van der Waals surface area contributed by atoms with Crippen molar-refractivity contribution < 1.29 is 9.53 Å². The number of aromatic nitrogens is 1. The molecule has 0 bridgehead atoms. The van der Waals surface area contributed by atoms with Crippen LogP contribution in [0.25, 0.3) is 10.9 Å². The van der Waals surface area contributed by atoms with E-state index in [-0.39, 0.29) is 5.78 Å². The smallest absolute Gasteiger partial charge is 0.198 e. The molecule has 0 saturated carbocycles. The number of ether oxygens (including phenoxy) is 1. The molecule has 4 aromatic rings. The molecule has 2 aliphatic rings. The van der Waals surface area contributed by atoms with Crippen LogP contribution in [0.5, 0.6) is 0 Å². The van der Waals surface area contributed by atoms with Crippen LogP contribution in [0.1, 0.15) is 51.7 Å². The van der Waals surface area contributed by atoms with Gasteiger partial charge in [0, 0.05) is 33.7 Å². The van der Waals surface area contributed by atoms with Gasteiger partial charge < -0.3 is 14.6 Å². The molecular weight excluding hydrogens is 444 g/mol. The van der Waals surface area contributed by atoms with E-state index in [0.717, 1.165) is 59.2 Å². The lowest BCUT2D eigenvalue weighted by Crippen LogP contribution is -2.40. The van der Waals surface area contributed by atoms with Crippen molar-refractivity contribution in [3.8, 4) is 0 Å². The lowest BCUT2D eigenvalue weighted by Gasteiger charge is -2.34. The van der Waals surface area contributed by atoms with Gasteiger partial charge in [-0.3, -0.25) is 4.79 Å². The van der Waals surface area contributed by atoms with E-state index in [2.05, 4.69) is 46.3 Å². The molecule has 1 atom stereocenters. The van der Waals surface area contributed by atoms with Gasteiger partial charge in [-0.2, -0.15) is 0 Å². The number of benzene rings is 3. The summed E-state index contributed by atoms with van der Waals surface area (Å²) in [6, 6.07) is 24.4. The van der Waals surface area contributed by atoms with Crippen LogP contribution in [0.4, 0.5) is 0 Å². The molecule has 0 unspecified atom stereocenters. The highest BCUT2D eigenvalue weighted by atomic mass is 35.5. The molecule has 1 fully saturated rings. The first-order chi connectivity index (χ1) is 16.6. The number of hydrogen-bond donors (Lipinski definition) is 1. The van der Waals surface area contributed by atoms with Crippen molar-refractivity contribution in [3.05, 3.63) is 106 Å². The van der Waals surface area contributed by atoms with Gasteiger partial charge in [0.15, 0.2) is 5.78 Å². The summed E-state index contributed by atoms with van der Waals surface area (Å²) in [5, 5.41) is 5.08. The number of piperidine rings is 1. The number of ketones is 1. The molecule has 1 N–H and O–H groups in total. The average molecular weight is 471 g/mol. The Morgan fingerprint density at radius 3 is 2.59 bits per heavy atom. The number of hydrogen-bond acceptors (Lipinski definition) is 3. The Hall–Kier alpha value is -2.92. The average Bonchev–Trinajstić information content (AvgIpc) is 3.32. The van der Waals surface area contributed by atoms with Crippen molar-refractivity contribution in [1.29, 1.82) is 0 Å². The van der Waals surface area contributed by atoms with E-state index >= 15 is 0 Å². The van der Waals surface area contributed by atoms with Crippen molar-refractivity contribution in [2.45, 2.75) is 38.0 Å². The molecule has 4 nitrogen and oxygen atoms in total. The Labute approximate surface area is 204 Å². The number of nitrogens with one attached hydrogen (secondary N) is 1. The summed E-state index contributed by atoms with van der Waals surface area (Å²) < 4.78 is 8.95. The maximum Gasteiger partial charge on any atom is 0.198 e. The third kappa shape index (κ3) is 3.40. The molecule has 0 radical (unpaired) electrons. The van der Waals surface area contributed by atoms with Crippen molar-refractivity contribution in [2.75, 3.05) is 13.1 Å². The van der Waals surface area contributed by atoms with E-state index in [4.69, 9.17) is 16.3 Å². The first kappa shape index (κ1) is 21.6. The van der Waals surface area contributed by atoms with E-state index in [1.54, 1.807) is 0 Å². The Kier molecular flexibility index (Phi) is 5.33. The van der Waals surface area contributed by atoms with Crippen molar-refractivity contribution in [2.24, 2.45) is 0 Å². The van der Waals surface area contributed by atoms with E-state index in [0.29, 0.717) is 11.6 Å². The molecular formula is C29H27ClN2O2. The summed E-state index contributed by atoms with van der Waals surface area (Å²) in [6.07, 6.45) is 1.04. The zero-order chi connectivity index (χ0) is 23.3. The lowest BCUT2D eigenvalue weighted by atomic mass is 9.83. The largest absolute Gasteiger partial charge is 0.354 e. The molecule has 1 spiro atoms. The third-order valence-corrected chi connectivity index (χ3v) is 7.68. The highest BCUT2D eigenvalue weighted by Crippen LogP contribution is 2.50. The summed E-state index contributed by atoms with van der Waals surface area (Å²) in [4.78, 5) is 14.2. The van der Waals surface area contributed by atoms with Gasteiger partial charge in [-0.15, -0.1) is 0 Å². The summed E-state index contributed by atoms with van der Waals surface area (Å²) in [5.74, 6) is 0.0273. The van der Waals surface area contributed by atoms with Gasteiger partial charge in [-0.05, 0) is 67.7 Å². The zero-order valence-corrected chi connectivity index (χ0v) is 19.9. The van der Waals surface area contributed by atoms with E-state index in [1.165, 1.54) is 5.56 Å². The zero-order valence-electron chi connectivity index (χ0n) is 19.2. The Balaban J connectivity index is 1.46. The van der Waals surface area contributed by atoms with E-state index in [1.807, 2.05) is 43.3 Å². The minimum absolute atomic E-state index is 0.0273. The maximum absolute atomic E-state index is 14.2. The molecule has 1 aromatic heterocycles. The summed E-state index contributed by atoms with van der Waals surface area (Å²) in [7, 11) is 0. The van der Waals surface area contributed by atoms with Gasteiger partial charge in [-0.25, -0.2) is 0 Å². The number of nitrogens with zero attached hydrogens (tertiary/aromatic N) is 1. The number of fused-ring (bicyclic) bond motifs is 3. The highest BCUT2D eigenvalue weighted by Gasteiger charge is 2.48. The maximum atomic E-state index is 14.2. The first-order valence-corrected chi connectivity index (χ1v) is 12.3. The third-order valence-electron chi connectivity index (χ3n) is 7.44. The predicted molar refractivity (Wildman–Crippen MR) is 136 cm³/mol. The number of Topliss-reactive ketones (excluding diaryl/α,β-unsaturated/α-hetero) is 1. The van der Waals surface area contributed by atoms with E-state index < -0.39 is 11.7 Å². The molecule has 3 aromatic carbocycles. The molecule has 0 amide bonds. The minimum Gasteiger partial charge on any atom is -0.354 e. The number of carbonyl (C=O) groups is 1. The molecule has 5 heteroatoms. The highest BCUT2D eigenvalue weighted by molar-refractivity contribution is 6.30. The van der Waals surface area contributed by atoms with Crippen LogP contribution in [0.2, 0.25) is 5.02 Å². The number of para-hydroxylation sites is 1. The monoisotopic (exact) mass is 470 g/mol. The van der Waals surface area contributed by atoms with Crippen LogP contribution in [-0.2, 0) is 16.9 Å². The lowest BCUT2D eigenvalue weighted by molar-refractivity contribution is -0.0806. The minimum atomic E-state index is -0.625. The first-order valence-electron chi connectivity index (χ1n) is 11.9.